The Labute approximate surface area is 259 Å². The van der Waals surface area contributed by atoms with Crippen LogP contribution in [-0.2, 0) is 29.4 Å². The molecule has 2 N–H and O–H groups in total. The summed E-state index contributed by atoms with van der Waals surface area (Å²) in [5.74, 6) is -5.44. The number of aryl methyl sites for hydroxylation is 1. The molecule has 5 rings (SSSR count). The van der Waals surface area contributed by atoms with Crippen LogP contribution in [0.15, 0.2) is 29.1 Å². The number of nitrogens with zero attached hydrogens (tertiary/aromatic N) is 3. The SMILES string of the molecule is Cc1nc(-c2ccc(CC(NC(=O)c3c(F)cc(N4CCOC[C@@H]4C(F)(F)F)cc3F)C(=O)O)c3c2OCCC3)c(=O)n(C)c1C. The summed E-state index contributed by atoms with van der Waals surface area (Å²) in [6.07, 6.45) is -3.98. The Balaban J connectivity index is 1.43. The van der Waals surface area contributed by atoms with Crippen LogP contribution < -0.4 is 20.5 Å². The van der Waals surface area contributed by atoms with E-state index in [1.165, 1.54) is 4.57 Å². The Hall–Kier alpha value is -4.53. The third kappa shape index (κ3) is 6.28. The lowest BCUT2D eigenvalue weighted by molar-refractivity contribution is -0.167. The van der Waals surface area contributed by atoms with Crippen molar-refractivity contribution in [2.24, 2.45) is 7.05 Å². The van der Waals surface area contributed by atoms with Crippen LogP contribution in [0.5, 0.6) is 5.75 Å². The number of benzene rings is 2. The Morgan fingerprint density at radius 2 is 1.85 bits per heavy atom. The van der Waals surface area contributed by atoms with Gasteiger partial charge in [-0.25, -0.2) is 18.6 Å². The van der Waals surface area contributed by atoms with Crippen molar-refractivity contribution in [2.45, 2.75) is 51.4 Å². The predicted octanol–water partition coefficient (Wildman–Crippen LogP) is 3.86. The Morgan fingerprint density at radius 1 is 1.15 bits per heavy atom. The van der Waals surface area contributed by atoms with Gasteiger partial charge in [-0.3, -0.25) is 9.59 Å². The van der Waals surface area contributed by atoms with Crippen LogP contribution in [0, 0.1) is 25.5 Å². The number of carboxylic acid groups (broad SMARTS) is 1. The second-order valence-corrected chi connectivity index (χ2v) is 11.2. The van der Waals surface area contributed by atoms with Crippen LogP contribution in [0.25, 0.3) is 11.3 Å². The van der Waals surface area contributed by atoms with Gasteiger partial charge in [-0.15, -0.1) is 0 Å². The van der Waals surface area contributed by atoms with Crippen molar-refractivity contribution in [3.8, 4) is 17.0 Å². The highest BCUT2D eigenvalue weighted by Gasteiger charge is 2.46. The molecule has 3 aromatic rings. The third-order valence-electron chi connectivity index (χ3n) is 8.36. The second kappa shape index (κ2) is 12.7. The van der Waals surface area contributed by atoms with Crippen molar-refractivity contribution < 1.29 is 46.1 Å². The average Bonchev–Trinajstić information content (AvgIpc) is 3.01. The first-order chi connectivity index (χ1) is 21.7. The maximum Gasteiger partial charge on any atom is 0.411 e. The van der Waals surface area contributed by atoms with Crippen molar-refractivity contribution >= 4 is 17.6 Å². The number of carboxylic acids is 1. The van der Waals surface area contributed by atoms with Crippen LogP contribution in [0.4, 0.5) is 27.6 Å². The number of nitrogens with one attached hydrogen (secondary N) is 1. The fourth-order valence-electron chi connectivity index (χ4n) is 5.71. The molecule has 2 aromatic carbocycles. The summed E-state index contributed by atoms with van der Waals surface area (Å²) >= 11 is 0. The summed E-state index contributed by atoms with van der Waals surface area (Å²) in [6.45, 7) is 2.74. The first kappa shape index (κ1) is 32.9. The predicted molar refractivity (Wildman–Crippen MR) is 155 cm³/mol. The second-order valence-electron chi connectivity index (χ2n) is 11.2. The van der Waals surface area contributed by atoms with Gasteiger partial charge in [0.05, 0.1) is 25.5 Å². The van der Waals surface area contributed by atoms with E-state index in [-0.39, 0.29) is 30.8 Å². The number of halogens is 5. The molecule has 0 radical (unpaired) electrons. The van der Waals surface area contributed by atoms with E-state index in [0.717, 1.165) is 4.90 Å². The van der Waals surface area contributed by atoms with Gasteiger partial charge in [0.15, 0.2) is 0 Å². The number of morpholine rings is 1. The number of anilines is 1. The maximum absolute atomic E-state index is 15.1. The number of carbonyl (C=O) groups is 2. The molecule has 0 aliphatic carbocycles. The number of rotatable bonds is 7. The van der Waals surface area contributed by atoms with Gasteiger partial charge in [0.2, 0.25) is 0 Å². The largest absolute Gasteiger partial charge is 0.493 e. The smallest absolute Gasteiger partial charge is 0.411 e. The molecule has 2 atom stereocenters. The highest BCUT2D eigenvalue weighted by atomic mass is 19.4. The van der Waals surface area contributed by atoms with E-state index in [0.29, 0.717) is 65.4 Å². The molecule has 15 heteroatoms. The summed E-state index contributed by atoms with van der Waals surface area (Å²) < 4.78 is 83.1. The quantitative estimate of drug-likeness (QED) is 0.370. The molecule has 10 nitrogen and oxygen atoms in total. The minimum absolute atomic E-state index is 0.105. The summed E-state index contributed by atoms with van der Waals surface area (Å²) in [5, 5.41) is 12.1. The molecule has 1 saturated heterocycles. The van der Waals surface area contributed by atoms with E-state index in [9.17, 15) is 32.7 Å². The molecule has 1 aromatic heterocycles. The van der Waals surface area contributed by atoms with Crippen molar-refractivity contribution in [2.75, 3.05) is 31.3 Å². The number of hydrogen-bond donors (Lipinski definition) is 2. The van der Waals surface area contributed by atoms with E-state index >= 15 is 8.78 Å². The zero-order valence-corrected chi connectivity index (χ0v) is 25.1. The first-order valence-electron chi connectivity index (χ1n) is 14.4. The van der Waals surface area contributed by atoms with Crippen molar-refractivity contribution in [3.63, 3.8) is 0 Å². The molecular weight excluding hydrogens is 619 g/mol. The van der Waals surface area contributed by atoms with Gasteiger partial charge in [0.1, 0.15) is 40.7 Å². The molecule has 2 aliphatic rings. The standard InChI is InChI=1S/C31H31F5N4O6/c1-15-16(2)39(3)29(42)26(37-15)20-7-6-17(19-5-4-9-46-27(19)20)11-23(30(43)44)38-28(41)25-21(32)12-18(13-22(25)33)40-8-10-45-14-24(40)31(34,35)36/h6-7,12-13,23-24H,4-5,8-11,14H2,1-3H3,(H,38,41)(H,43,44)/t23?,24-/m1/s1. The van der Waals surface area contributed by atoms with Crippen molar-refractivity contribution in [3.05, 3.63) is 74.3 Å². The fourth-order valence-corrected chi connectivity index (χ4v) is 5.71. The number of ether oxygens (including phenoxy) is 2. The number of alkyl halides is 3. The van der Waals surface area contributed by atoms with Crippen molar-refractivity contribution in [1.82, 2.24) is 14.9 Å². The van der Waals surface area contributed by atoms with Crippen LogP contribution in [0.3, 0.4) is 0 Å². The summed E-state index contributed by atoms with van der Waals surface area (Å²) in [6, 6.07) is 0.591. The molecule has 2 aliphatic heterocycles. The number of aromatic nitrogens is 2. The molecule has 0 saturated carbocycles. The number of hydrogen-bond acceptors (Lipinski definition) is 7. The molecular formula is C31H31F5N4O6. The lowest BCUT2D eigenvalue weighted by atomic mass is 9.91. The van der Waals surface area contributed by atoms with Crippen molar-refractivity contribution in [1.29, 1.82) is 0 Å². The molecule has 1 amide bonds. The van der Waals surface area contributed by atoms with E-state index in [4.69, 9.17) is 9.47 Å². The zero-order chi connectivity index (χ0) is 33.5. The minimum Gasteiger partial charge on any atom is -0.493 e. The summed E-state index contributed by atoms with van der Waals surface area (Å²) in [4.78, 5) is 43.5. The van der Waals surface area contributed by atoms with Crippen LogP contribution in [0.1, 0.15) is 39.3 Å². The van der Waals surface area contributed by atoms with Gasteiger partial charge in [0.25, 0.3) is 11.5 Å². The molecule has 1 unspecified atom stereocenters. The third-order valence-corrected chi connectivity index (χ3v) is 8.36. The number of carbonyl (C=O) groups excluding carboxylic acids is 1. The monoisotopic (exact) mass is 650 g/mol. The van der Waals surface area contributed by atoms with Crippen LogP contribution >= 0.6 is 0 Å². The molecule has 3 heterocycles. The Kier molecular flexibility index (Phi) is 9.07. The van der Waals surface area contributed by atoms with E-state index in [1.807, 2.05) is 0 Å². The summed E-state index contributed by atoms with van der Waals surface area (Å²) in [7, 11) is 1.62. The highest BCUT2D eigenvalue weighted by Crippen LogP contribution is 2.38. The van der Waals surface area contributed by atoms with Crippen LogP contribution in [-0.4, -0.2) is 71.2 Å². The van der Waals surface area contributed by atoms with Gasteiger partial charge in [-0.1, -0.05) is 6.07 Å². The zero-order valence-electron chi connectivity index (χ0n) is 25.1. The molecule has 1 fully saturated rings. The molecule has 0 spiro atoms. The van der Waals surface area contributed by atoms with E-state index < -0.39 is 59.6 Å². The molecule has 46 heavy (non-hydrogen) atoms. The van der Waals surface area contributed by atoms with Gasteiger partial charge in [-0.05, 0) is 56.0 Å². The van der Waals surface area contributed by atoms with Gasteiger partial charge in [-0.2, -0.15) is 13.2 Å². The lowest BCUT2D eigenvalue weighted by Crippen LogP contribution is -2.53. The van der Waals surface area contributed by atoms with Gasteiger partial charge < -0.3 is 29.4 Å². The average molecular weight is 651 g/mol. The number of amides is 1. The normalized spacial score (nSPS) is 17.2. The number of aliphatic carboxylic acids is 1. The first-order valence-corrected chi connectivity index (χ1v) is 14.4. The van der Waals surface area contributed by atoms with Crippen LogP contribution in [0.2, 0.25) is 0 Å². The van der Waals surface area contributed by atoms with Gasteiger partial charge in [0, 0.05) is 37.0 Å². The minimum atomic E-state index is -4.74. The topological polar surface area (TPSA) is 123 Å². The Morgan fingerprint density at radius 3 is 2.50 bits per heavy atom. The number of fused-ring (bicyclic) bond motifs is 1. The fraction of sp³-hybridized carbons (Fsp3) is 0.419. The van der Waals surface area contributed by atoms with E-state index in [2.05, 4.69) is 10.3 Å². The molecule has 0 bridgehead atoms. The van der Waals surface area contributed by atoms with Gasteiger partial charge >= 0.3 is 12.1 Å². The highest BCUT2D eigenvalue weighted by molar-refractivity contribution is 5.97. The maximum atomic E-state index is 15.1. The molecule has 246 valence electrons. The van der Waals surface area contributed by atoms with E-state index in [1.54, 1.807) is 33.0 Å². The lowest BCUT2D eigenvalue weighted by Gasteiger charge is -2.38. The Bertz CT molecular complexity index is 1740. The summed E-state index contributed by atoms with van der Waals surface area (Å²) in [5.41, 5.74) is 1.07.